The zero-order chi connectivity index (χ0) is 20.1. The van der Waals surface area contributed by atoms with Crippen LogP contribution in [0.15, 0.2) is 66.9 Å². The summed E-state index contributed by atoms with van der Waals surface area (Å²) in [6.07, 6.45) is -3.00. The second kappa shape index (κ2) is 8.08. The molecule has 0 aliphatic heterocycles. The van der Waals surface area contributed by atoms with Crippen LogP contribution in [0.25, 0.3) is 0 Å². The van der Waals surface area contributed by atoms with Gasteiger partial charge < -0.3 is 10.6 Å². The SMILES string of the molecule is O=C(Nc1ccc(C(F)(F)F)cc1)c1cc(NCc2ccc(F)cc2)ccn1. The van der Waals surface area contributed by atoms with E-state index in [-0.39, 0.29) is 17.2 Å². The second-order valence-corrected chi connectivity index (χ2v) is 5.94. The van der Waals surface area contributed by atoms with Crippen LogP contribution in [-0.4, -0.2) is 10.9 Å². The molecular weight excluding hydrogens is 374 g/mol. The summed E-state index contributed by atoms with van der Waals surface area (Å²) in [5, 5.41) is 5.60. The van der Waals surface area contributed by atoms with Crippen molar-refractivity contribution in [2.24, 2.45) is 0 Å². The minimum absolute atomic E-state index is 0.101. The molecular formula is C20H15F4N3O. The molecule has 3 rings (SSSR count). The Morgan fingerprint density at radius 1 is 0.929 bits per heavy atom. The highest BCUT2D eigenvalue weighted by atomic mass is 19.4. The molecule has 0 bridgehead atoms. The molecule has 0 aliphatic rings. The topological polar surface area (TPSA) is 54.0 Å². The van der Waals surface area contributed by atoms with Gasteiger partial charge in [-0.3, -0.25) is 9.78 Å². The van der Waals surface area contributed by atoms with Gasteiger partial charge in [-0.05, 0) is 54.1 Å². The van der Waals surface area contributed by atoms with Crippen molar-refractivity contribution in [1.82, 2.24) is 4.98 Å². The summed E-state index contributed by atoms with van der Waals surface area (Å²) >= 11 is 0. The number of anilines is 2. The van der Waals surface area contributed by atoms with Gasteiger partial charge in [0.05, 0.1) is 5.56 Å². The zero-order valence-electron chi connectivity index (χ0n) is 14.4. The molecule has 0 aliphatic carbocycles. The first kappa shape index (κ1) is 19.3. The number of nitrogens with zero attached hydrogens (tertiary/aromatic N) is 1. The first-order valence-electron chi connectivity index (χ1n) is 8.24. The van der Waals surface area contributed by atoms with Crippen LogP contribution in [0.3, 0.4) is 0 Å². The summed E-state index contributed by atoms with van der Waals surface area (Å²) in [7, 11) is 0. The number of rotatable bonds is 5. The minimum atomic E-state index is -4.44. The Balaban J connectivity index is 1.64. The summed E-state index contributed by atoms with van der Waals surface area (Å²) in [4.78, 5) is 16.3. The van der Waals surface area contributed by atoms with Crippen LogP contribution < -0.4 is 10.6 Å². The fraction of sp³-hybridized carbons (Fsp3) is 0.100. The zero-order valence-corrected chi connectivity index (χ0v) is 14.4. The molecule has 4 nitrogen and oxygen atoms in total. The summed E-state index contributed by atoms with van der Waals surface area (Å²) in [6.45, 7) is 0.421. The number of pyridine rings is 1. The molecule has 0 saturated heterocycles. The van der Waals surface area contributed by atoms with Gasteiger partial charge in [0.15, 0.2) is 0 Å². The Labute approximate surface area is 158 Å². The Bertz CT molecular complexity index is 954. The molecule has 2 aromatic carbocycles. The number of hydrogen-bond donors (Lipinski definition) is 2. The fourth-order valence-electron chi connectivity index (χ4n) is 2.41. The number of nitrogens with one attached hydrogen (secondary N) is 2. The van der Waals surface area contributed by atoms with E-state index in [9.17, 15) is 22.4 Å². The van der Waals surface area contributed by atoms with Crippen molar-refractivity contribution in [3.63, 3.8) is 0 Å². The molecule has 2 N–H and O–H groups in total. The molecule has 0 atom stereocenters. The second-order valence-electron chi connectivity index (χ2n) is 5.94. The molecule has 3 aromatic rings. The van der Waals surface area contributed by atoms with E-state index in [0.717, 1.165) is 17.7 Å². The molecule has 0 unspecified atom stereocenters. The Hall–Kier alpha value is -3.42. The van der Waals surface area contributed by atoms with E-state index in [1.54, 1.807) is 18.2 Å². The standard InChI is InChI=1S/C20H15F4N3O/c21-15-5-1-13(2-6-15)12-26-17-9-10-25-18(11-17)19(28)27-16-7-3-14(4-8-16)20(22,23)24/h1-11H,12H2,(H,25,26)(H,27,28). The van der Waals surface area contributed by atoms with Crippen molar-refractivity contribution in [2.75, 3.05) is 10.6 Å². The van der Waals surface area contributed by atoms with Crippen LogP contribution in [0, 0.1) is 5.82 Å². The van der Waals surface area contributed by atoms with Gasteiger partial charge in [-0.2, -0.15) is 13.2 Å². The van der Waals surface area contributed by atoms with E-state index < -0.39 is 17.6 Å². The van der Waals surface area contributed by atoms with Gasteiger partial charge in [-0.25, -0.2) is 4.39 Å². The maximum Gasteiger partial charge on any atom is 0.416 e. The van der Waals surface area contributed by atoms with Crippen LogP contribution in [0.5, 0.6) is 0 Å². The van der Waals surface area contributed by atoms with Crippen LogP contribution in [0.4, 0.5) is 28.9 Å². The van der Waals surface area contributed by atoms with Crippen molar-refractivity contribution in [3.05, 3.63) is 89.5 Å². The smallest absolute Gasteiger partial charge is 0.381 e. The monoisotopic (exact) mass is 389 g/mol. The summed E-state index contributed by atoms with van der Waals surface area (Å²) in [6, 6.07) is 13.3. The molecule has 0 spiro atoms. The lowest BCUT2D eigenvalue weighted by Crippen LogP contribution is -2.14. The van der Waals surface area contributed by atoms with Gasteiger partial charge in [0, 0.05) is 24.1 Å². The van der Waals surface area contributed by atoms with E-state index in [1.165, 1.54) is 36.5 Å². The quantitative estimate of drug-likeness (QED) is 0.597. The Morgan fingerprint density at radius 3 is 2.25 bits per heavy atom. The first-order valence-corrected chi connectivity index (χ1v) is 8.24. The molecule has 1 amide bonds. The molecule has 0 fully saturated rings. The van der Waals surface area contributed by atoms with Gasteiger partial charge in [-0.1, -0.05) is 12.1 Å². The molecule has 8 heteroatoms. The summed E-state index contributed by atoms with van der Waals surface area (Å²) in [5.74, 6) is -0.875. The Morgan fingerprint density at radius 2 is 1.61 bits per heavy atom. The van der Waals surface area contributed by atoms with E-state index in [1.807, 2.05) is 0 Å². The number of aromatic nitrogens is 1. The van der Waals surface area contributed by atoms with Crippen LogP contribution >= 0.6 is 0 Å². The number of benzene rings is 2. The number of hydrogen-bond acceptors (Lipinski definition) is 3. The first-order chi connectivity index (χ1) is 13.3. The van der Waals surface area contributed by atoms with Crippen molar-refractivity contribution in [3.8, 4) is 0 Å². The lowest BCUT2D eigenvalue weighted by molar-refractivity contribution is -0.137. The predicted molar refractivity (Wildman–Crippen MR) is 97.4 cm³/mol. The van der Waals surface area contributed by atoms with Gasteiger partial charge in [0.25, 0.3) is 5.91 Å². The largest absolute Gasteiger partial charge is 0.416 e. The average molecular weight is 389 g/mol. The van der Waals surface area contributed by atoms with Crippen LogP contribution in [0.2, 0.25) is 0 Å². The normalized spacial score (nSPS) is 11.1. The van der Waals surface area contributed by atoms with E-state index in [4.69, 9.17) is 0 Å². The number of alkyl halides is 3. The third-order valence-electron chi connectivity index (χ3n) is 3.87. The van der Waals surface area contributed by atoms with E-state index >= 15 is 0 Å². The molecule has 28 heavy (non-hydrogen) atoms. The number of halogens is 4. The Kier molecular flexibility index (Phi) is 5.58. The third-order valence-corrected chi connectivity index (χ3v) is 3.87. The molecule has 144 valence electrons. The molecule has 0 saturated carbocycles. The predicted octanol–water partition coefficient (Wildman–Crippen LogP) is 5.10. The summed E-state index contributed by atoms with van der Waals surface area (Å²) in [5.41, 5.74) is 1.01. The lowest BCUT2D eigenvalue weighted by Gasteiger charge is -2.10. The highest BCUT2D eigenvalue weighted by Gasteiger charge is 2.30. The maximum atomic E-state index is 12.9. The number of amides is 1. The van der Waals surface area contributed by atoms with Crippen molar-refractivity contribution < 1.29 is 22.4 Å². The van der Waals surface area contributed by atoms with Crippen LogP contribution in [0.1, 0.15) is 21.6 Å². The van der Waals surface area contributed by atoms with Crippen LogP contribution in [-0.2, 0) is 12.7 Å². The number of carbonyl (C=O) groups excluding carboxylic acids is 1. The molecule has 1 heterocycles. The third kappa shape index (κ3) is 5.06. The van der Waals surface area contributed by atoms with E-state index in [0.29, 0.717) is 12.2 Å². The highest BCUT2D eigenvalue weighted by Crippen LogP contribution is 2.29. The lowest BCUT2D eigenvalue weighted by atomic mass is 10.2. The minimum Gasteiger partial charge on any atom is -0.381 e. The fourth-order valence-corrected chi connectivity index (χ4v) is 2.41. The van der Waals surface area contributed by atoms with Crippen molar-refractivity contribution in [1.29, 1.82) is 0 Å². The number of carbonyl (C=O) groups is 1. The maximum absolute atomic E-state index is 12.9. The van der Waals surface area contributed by atoms with Gasteiger partial charge >= 0.3 is 6.18 Å². The van der Waals surface area contributed by atoms with Gasteiger partial charge in [-0.15, -0.1) is 0 Å². The molecule has 1 aromatic heterocycles. The average Bonchev–Trinajstić information content (AvgIpc) is 2.67. The van der Waals surface area contributed by atoms with Crippen molar-refractivity contribution in [2.45, 2.75) is 12.7 Å². The van der Waals surface area contributed by atoms with Crippen molar-refractivity contribution >= 4 is 17.3 Å². The molecule has 0 radical (unpaired) electrons. The van der Waals surface area contributed by atoms with Gasteiger partial charge in [0.2, 0.25) is 0 Å². The van der Waals surface area contributed by atoms with E-state index in [2.05, 4.69) is 15.6 Å². The summed E-state index contributed by atoms with van der Waals surface area (Å²) < 4.78 is 50.7. The highest BCUT2D eigenvalue weighted by molar-refractivity contribution is 6.03. The van der Waals surface area contributed by atoms with Gasteiger partial charge in [0.1, 0.15) is 11.5 Å².